The summed E-state index contributed by atoms with van der Waals surface area (Å²) in [5.74, 6) is 0. The number of nitrogens with zero attached hydrogens (tertiary/aromatic N) is 2. The zero-order valence-corrected chi connectivity index (χ0v) is 10.0. The molecule has 1 aromatic carbocycles. The Morgan fingerprint density at radius 2 is 1.59 bits per heavy atom. The fourth-order valence-corrected chi connectivity index (χ4v) is 2.32. The van der Waals surface area contributed by atoms with E-state index in [0.29, 0.717) is 0 Å². The van der Waals surface area contributed by atoms with Crippen molar-refractivity contribution in [1.82, 2.24) is 9.55 Å². The second-order valence-electron chi connectivity index (χ2n) is 4.30. The van der Waals surface area contributed by atoms with E-state index >= 15 is 0 Å². The van der Waals surface area contributed by atoms with Crippen molar-refractivity contribution in [3.8, 4) is 5.69 Å². The first-order chi connectivity index (χ1) is 8.27. The van der Waals surface area contributed by atoms with Gasteiger partial charge in [0.2, 0.25) is 0 Å². The van der Waals surface area contributed by atoms with Gasteiger partial charge in [-0.2, -0.15) is 0 Å². The lowest BCUT2D eigenvalue weighted by atomic mass is 10.2. The number of para-hydroxylation sites is 1. The van der Waals surface area contributed by atoms with Crippen LogP contribution >= 0.6 is 0 Å². The van der Waals surface area contributed by atoms with E-state index in [0.717, 1.165) is 11.2 Å². The van der Waals surface area contributed by atoms with Crippen molar-refractivity contribution in [1.29, 1.82) is 0 Å². The van der Waals surface area contributed by atoms with Crippen LogP contribution in [-0.4, -0.2) is 9.55 Å². The molecule has 3 rings (SSSR count). The Balaban J connectivity index is 2.38. The van der Waals surface area contributed by atoms with E-state index in [2.05, 4.69) is 59.8 Å². The molecule has 0 saturated heterocycles. The Morgan fingerprint density at radius 1 is 0.882 bits per heavy atom. The van der Waals surface area contributed by atoms with Gasteiger partial charge < -0.3 is 4.57 Å². The Hall–Kier alpha value is -2.09. The van der Waals surface area contributed by atoms with Gasteiger partial charge in [-0.25, -0.2) is 0 Å². The minimum absolute atomic E-state index is 1.05. The first-order valence-corrected chi connectivity index (χ1v) is 5.76. The van der Waals surface area contributed by atoms with Crippen LogP contribution < -0.4 is 0 Å². The Bertz CT molecular complexity index is 655. The number of pyridine rings is 1. The van der Waals surface area contributed by atoms with Crippen LogP contribution in [0.5, 0.6) is 0 Å². The third-order valence-corrected chi connectivity index (χ3v) is 3.12. The molecule has 2 aromatic heterocycles. The number of hydrogen-bond acceptors (Lipinski definition) is 1. The van der Waals surface area contributed by atoms with E-state index in [-0.39, 0.29) is 0 Å². The summed E-state index contributed by atoms with van der Waals surface area (Å²) < 4.78 is 2.25. The van der Waals surface area contributed by atoms with Crippen LogP contribution in [0.15, 0.2) is 48.7 Å². The first kappa shape index (κ1) is 10.1. The first-order valence-electron chi connectivity index (χ1n) is 5.76. The molecule has 0 aliphatic carbocycles. The number of rotatable bonds is 1. The average Bonchev–Trinajstić information content (AvgIpc) is 2.69. The predicted molar refractivity (Wildman–Crippen MR) is 70.5 cm³/mol. The van der Waals surface area contributed by atoms with Gasteiger partial charge in [-0.1, -0.05) is 18.2 Å². The van der Waals surface area contributed by atoms with Crippen LogP contribution in [0.4, 0.5) is 0 Å². The third-order valence-electron chi connectivity index (χ3n) is 3.12. The van der Waals surface area contributed by atoms with Crippen molar-refractivity contribution in [2.75, 3.05) is 0 Å². The molecule has 0 saturated carbocycles. The van der Waals surface area contributed by atoms with Crippen molar-refractivity contribution in [2.24, 2.45) is 0 Å². The molecular weight excluding hydrogens is 208 g/mol. The zero-order valence-electron chi connectivity index (χ0n) is 10.0. The Kier molecular flexibility index (Phi) is 2.22. The lowest BCUT2D eigenvalue weighted by Crippen LogP contribution is -2.00. The van der Waals surface area contributed by atoms with E-state index in [1.165, 1.54) is 16.8 Å². The maximum absolute atomic E-state index is 4.50. The number of aromatic nitrogens is 2. The standard InChI is InChI=1S/C15H14N2/c1-11-8-9-12(2)17(11)14-7-3-5-13-6-4-10-16-15(13)14/h3-10H,1-2H3. The molecule has 0 amide bonds. The second-order valence-corrected chi connectivity index (χ2v) is 4.30. The van der Waals surface area contributed by atoms with E-state index in [1.54, 1.807) is 0 Å². The molecular formula is C15H14N2. The number of benzene rings is 1. The summed E-state index contributed by atoms with van der Waals surface area (Å²) in [7, 11) is 0. The monoisotopic (exact) mass is 222 g/mol. The maximum atomic E-state index is 4.50. The summed E-state index contributed by atoms with van der Waals surface area (Å²) in [6.45, 7) is 4.24. The van der Waals surface area contributed by atoms with Crippen LogP contribution in [-0.2, 0) is 0 Å². The SMILES string of the molecule is Cc1ccc(C)n1-c1cccc2cccnc12. The van der Waals surface area contributed by atoms with Crippen LogP contribution in [0.3, 0.4) is 0 Å². The summed E-state index contributed by atoms with van der Waals surface area (Å²) >= 11 is 0. The second kappa shape index (κ2) is 3.74. The Morgan fingerprint density at radius 3 is 2.35 bits per heavy atom. The topological polar surface area (TPSA) is 17.8 Å². The summed E-state index contributed by atoms with van der Waals surface area (Å²) in [5.41, 5.74) is 4.68. The van der Waals surface area contributed by atoms with Crippen molar-refractivity contribution in [2.45, 2.75) is 13.8 Å². The van der Waals surface area contributed by atoms with E-state index in [9.17, 15) is 0 Å². The number of fused-ring (bicyclic) bond motifs is 1. The van der Waals surface area contributed by atoms with Gasteiger partial charge in [0.25, 0.3) is 0 Å². The quantitative estimate of drug-likeness (QED) is 0.614. The molecule has 0 aliphatic heterocycles. The number of hydrogen-bond donors (Lipinski definition) is 0. The molecule has 0 radical (unpaired) electrons. The van der Waals surface area contributed by atoms with Crippen LogP contribution in [0, 0.1) is 13.8 Å². The fraction of sp³-hybridized carbons (Fsp3) is 0.133. The summed E-state index contributed by atoms with van der Waals surface area (Å²) in [6.07, 6.45) is 1.85. The van der Waals surface area contributed by atoms with Crippen molar-refractivity contribution in [3.63, 3.8) is 0 Å². The van der Waals surface area contributed by atoms with Gasteiger partial charge in [0.05, 0.1) is 11.2 Å². The highest BCUT2D eigenvalue weighted by atomic mass is 15.0. The normalized spacial score (nSPS) is 10.9. The molecule has 2 heterocycles. The molecule has 2 heteroatoms. The lowest BCUT2D eigenvalue weighted by Gasteiger charge is -2.11. The summed E-state index contributed by atoms with van der Waals surface area (Å²) in [6, 6.07) is 14.6. The maximum Gasteiger partial charge on any atom is 0.0942 e. The lowest BCUT2D eigenvalue weighted by molar-refractivity contribution is 0.970. The average molecular weight is 222 g/mol. The van der Waals surface area contributed by atoms with Gasteiger partial charge in [0.1, 0.15) is 0 Å². The van der Waals surface area contributed by atoms with Crippen molar-refractivity contribution in [3.05, 3.63) is 60.0 Å². The molecule has 0 fully saturated rings. The van der Waals surface area contributed by atoms with Gasteiger partial charge >= 0.3 is 0 Å². The minimum Gasteiger partial charge on any atom is -0.316 e. The molecule has 0 N–H and O–H groups in total. The highest BCUT2D eigenvalue weighted by Crippen LogP contribution is 2.23. The smallest absolute Gasteiger partial charge is 0.0942 e. The molecule has 0 aliphatic rings. The van der Waals surface area contributed by atoms with E-state index in [1.807, 2.05) is 12.3 Å². The molecule has 84 valence electrons. The highest BCUT2D eigenvalue weighted by Gasteiger charge is 2.07. The van der Waals surface area contributed by atoms with Gasteiger partial charge in [-0.15, -0.1) is 0 Å². The molecule has 17 heavy (non-hydrogen) atoms. The molecule has 0 atom stereocenters. The highest BCUT2D eigenvalue weighted by molar-refractivity contribution is 5.86. The van der Waals surface area contributed by atoms with E-state index < -0.39 is 0 Å². The van der Waals surface area contributed by atoms with Crippen molar-refractivity contribution >= 4 is 10.9 Å². The van der Waals surface area contributed by atoms with Crippen LogP contribution in [0.2, 0.25) is 0 Å². The zero-order chi connectivity index (χ0) is 11.8. The summed E-state index contributed by atoms with van der Waals surface area (Å²) in [5, 5.41) is 1.18. The minimum atomic E-state index is 1.05. The molecule has 0 bridgehead atoms. The number of aryl methyl sites for hydroxylation is 2. The van der Waals surface area contributed by atoms with Gasteiger partial charge in [0.15, 0.2) is 0 Å². The fourth-order valence-electron chi connectivity index (χ4n) is 2.32. The predicted octanol–water partition coefficient (Wildman–Crippen LogP) is 3.64. The molecule has 3 aromatic rings. The van der Waals surface area contributed by atoms with Crippen molar-refractivity contribution < 1.29 is 0 Å². The van der Waals surface area contributed by atoms with Gasteiger partial charge in [-0.3, -0.25) is 4.98 Å². The third kappa shape index (κ3) is 1.53. The Labute approximate surface area is 101 Å². The van der Waals surface area contributed by atoms with Gasteiger partial charge in [0, 0.05) is 23.0 Å². The van der Waals surface area contributed by atoms with E-state index in [4.69, 9.17) is 0 Å². The van der Waals surface area contributed by atoms with Crippen LogP contribution in [0.25, 0.3) is 16.6 Å². The summed E-state index contributed by atoms with van der Waals surface area (Å²) in [4.78, 5) is 4.50. The largest absolute Gasteiger partial charge is 0.316 e. The van der Waals surface area contributed by atoms with Gasteiger partial charge in [-0.05, 0) is 38.1 Å². The molecule has 0 unspecified atom stereocenters. The molecule has 2 nitrogen and oxygen atoms in total. The van der Waals surface area contributed by atoms with Crippen LogP contribution in [0.1, 0.15) is 11.4 Å². The molecule has 0 spiro atoms.